The first-order valence-electron chi connectivity index (χ1n) is 10.2. The highest BCUT2D eigenvalue weighted by atomic mass is 16.2. The number of hydrogen-bond donors (Lipinski definition) is 1. The molecule has 1 aliphatic carbocycles. The quantitative estimate of drug-likeness (QED) is 0.409. The van der Waals surface area contributed by atoms with E-state index in [9.17, 15) is 14.4 Å². The van der Waals surface area contributed by atoms with E-state index in [4.69, 9.17) is 0 Å². The molecule has 0 bridgehead atoms. The zero-order valence-electron chi connectivity index (χ0n) is 18.5. The Labute approximate surface area is 175 Å². The van der Waals surface area contributed by atoms with E-state index in [0.717, 1.165) is 5.57 Å². The maximum absolute atomic E-state index is 12.5. The van der Waals surface area contributed by atoms with Crippen molar-refractivity contribution < 1.29 is 14.4 Å². The second kappa shape index (κ2) is 14.1. The van der Waals surface area contributed by atoms with Gasteiger partial charge in [-0.3, -0.25) is 19.3 Å². The van der Waals surface area contributed by atoms with Gasteiger partial charge in [-0.1, -0.05) is 70.2 Å². The summed E-state index contributed by atoms with van der Waals surface area (Å²) < 4.78 is 0. The summed E-state index contributed by atoms with van der Waals surface area (Å²) in [5, 5.41) is 2.72. The molecule has 0 saturated heterocycles. The Kier molecular flexibility index (Phi) is 12.7. The van der Waals surface area contributed by atoms with E-state index in [0.29, 0.717) is 29.7 Å². The van der Waals surface area contributed by atoms with Crippen molar-refractivity contribution in [2.75, 3.05) is 13.1 Å². The van der Waals surface area contributed by atoms with Crippen LogP contribution in [-0.2, 0) is 14.4 Å². The summed E-state index contributed by atoms with van der Waals surface area (Å²) in [6.45, 7) is 15.9. The molecule has 0 fully saturated rings. The maximum Gasteiger partial charge on any atom is 0.261 e. The van der Waals surface area contributed by atoms with Gasteiger partial charge in [-0.25, -0.2) is 0 Å². The third kappa shape index (κ3) is 7.18. The molecule has 5 heteroatoms. The minimum Gasteiger partial charge on any atom is -0.352 e. The second-order valence-electron chi connectivity index (χ2n) is 5.79. The molecule has 2 rings (SSSR count). The first kappa shape index (κ1) is 26.1. The van der Waals surface area contributed by atoms with Crippen LogP contribution < -0.4 is 5.32 Å². The van der Waals surface area contributed by atoms with Gasteiger partial charge in [0.1, 0.15) is 0 Å². The van der Waals surface area contributed by atoms with Gasteiger partial charge in [0, 0.05) is 23.3 Å². The van der Waals surface area contributed by atoms with Crippen molar-refractivity contribution in [2.45, 2.75) is 48.0 Å². The molecule has 0 aromatic carbocycles. The number of nitrogens with zero attached hydrogens (tertiary/aromatic N) is 1. The molecular formula is C24H34N2O3. The molecule has 0 radical (unpaired) electrons. The highest BCUT2D eigenvalue weighted by Crippen LogP contribution is 2.27. The molecule has 158 valence electrons. The van der Waals surface area contributed by atoms with Crippen LogP contribution in [0.1, 0.15) is 48.0 Å². The molecule has 29 heavy (non-hydrogen) atoms. The van der Waals surface area contributed by atoms with Crippen molar-refractivity contribution in [1.29, 1.82) is 0 Å². The maximum atomic E-state index is 12.5. The molecule has 2 aliphatic rings. The van der Waals surface area contributed by atoms with E-state index >= 15 is 0 Å². The molecule has 1 N–H and O–H groups in total. The van der Waals surface area contributed by atoms with Crippen molar-refractivity contribution in [1.82, 2.24) is 10.2 Å². The molecule has 1 heterocycles. The Morgan fingerprint density at radius 3 is 2.41 bits per heavy atom. The lowest BCUT2D eigenvalue weighted by atomic mass is 10.1. The molecule has 0 saturated carbocycles. The smallest absolute Gasteiger partial charge is 0.261 e. The minimum atomic E-state index is -0.292. The summed E-state index contributed by atoms with van der Waals surface area (Å²) in [7, 11) is 0. The third-order valence-electron chi connectivity index (χ3n) is 3.84. The highest BCUT2D eigenvalue weighted by Gasteiger charge is 2.36. The van der Waals surface area contributed by atoms with Crippen LogP contribution in [-0.4, -0.2) is 35.7 Å². The van der Waals surface area contributed by atoms with Crippen LogP contribution in [0, 0.1) is 0 Å². The fourth-order valence-corrected chi connectivity index (χ4v) is 2.71. The zero-order chi connectivity index (χ0) is 22.4. The van der Waals surface area contributed by atoms with Crippen molar-refractivity contribution >= 4 is 17.7 Å². The summed E-state index contributed by atoms with van der Waals surface area (Å²) in [5.41, 5.74) is 2.14. The molecule has 0 atom stereocenters. The summed E-state index contributed by atoms with van der Waals surface area (Å²) in [6.07, 6.45) is 12.4. The van der Waals surface area contributed by atoms with Crippen LogP contribution in [0.4, 0.5) is 0 Å². The number of imide groups is 1. The SMILES string of the molecule is C=C/C=C(\C=C(/C)CN1C(=O)C2=C(CC=CC=C2)C1=O)C(=O)NCC.CC.CC. The van der Waals surface area contributed by atoms with Crippen LogP contribution in [0.5, 0.6) is 0 Å². The monoisotopic (exact) mass is 398 g/mol. The number of rotatable bonds is 6. The molecule has 5 nitrogen and oxygen atoms in total. The van der Waals surface area contributed by atoms with Gasteiger partial charge in [-0.15, -0.1) is 0 Å². The Bertz CT molecular complexity index is 765. The Morgan fingerprint density at radius 2 is 1.83 bits per heavy atom. The predicted molar refractivity (Wildman–Crippen MR) is 120 cm³/mol. The summed E-state index contributed by atoms with van der Waals surface area (Å²) >= 11 is 0. The topological polar surface area (TPSA) is 66.5 Å². The molecular weight excluding hydrogens is 364 g/mol. The Hall–Kier alpha value is -2.95. The first-order chi connectivity index (χ1) is 14.0. The molecule has 1 aliphatic heterocycles. The largest absolute Gasteiger partial charge is 0.352 e. The van der Waals surface area contributed by atoms with Crippen LogP contribution in [0.15, 0.2) is 71.4 Å². The van der Waals surface area contributed by atoms with Crippen LogP contribution >= 0.6 is 0 Å². The number of nitrogens with one attached hydrogen (secondary N) is 1. The van der Waals surface area contributed by atoms with E-state index in [2.05, 4.69) is 11.9 Å². The van der Waals surface area contributed by atoms with Crippen molar-refractivity contribution in [2.24, 2.45) is 0 Å². The lowest BCUT2D eigenvalue weighted by Crippen LogP contribution is -2.33. The van der Waals surface area contributed by atoms with Gasteiger partial charge in [0.15, 0.2) is 0 Å². The third-order valence-corrected chi connectivity index (χ3v) is 3.84. The van der Waals surface area contributed by atoms with Gasteiger partial charge >= 0.3 is 0 Å². The number of hydrogen-bond acceptors (Lipinski definition) is 3. The lowest BCUT2D eigenvalue weighted by Gasteiger charge is -2.16. The van der Waals surface area contributed by atoms with E-state index in [-0.39, 0.29) is 24.3 Å². The molecule has 0 aromatic rings. The average molecular weight is 399 g/mol. The number of carbonyl (C=O) groups excluding carboxylic acids is 3. The summed E-state index contributed by atoms with van der Waals surface area (Å²) in [5.74, 6) is -0.779. The average Bonchev–Trinajstić information content (AvgIpc) is 2.91. The molecule has 0 aromatic heterocycles. The van der Waals surface area contributed by atoms with Gasteiger partial charge in [0.25, 0.3) is 17.7 Å². The fourth-order valence-electron chi connectivity index (χ4n) is 2.71. The van der Waals surface area contributed by atoms with Crippen LogP contribution in [0.25, 0.3) is 0 Å². The second-order valence-corrected chi connectivity index (χ2v) is 5.79. The van der Waals surface area contributed by atoms with Gasteiger partial charge in [0.05, 0.1) is 6.54 Å². The first-order valence-corrected chi connectivity index (χ1v) is 10.2. The standard InChI is InChI=1S/C20H22N2O3.2C2H6/c1-4-9-15(18(23)21-5-2)12-14(3)13-22-19(24)16-10-7-6-8-11-17(16)20(22)25;2*1-2/h4,6-10,12H,1,5,11,13H2,2-3H3,(H,21,23);2*1-2H3/b14-12+,15-9+;;. The van der Waals surface area contributed by atoms with Gasteiger partial charge in [-0.2, -0.15) is 0 Å². The van der Waals surface area contributed by atoms with Crippen LogP contribution in [0.2, 0.25) is 0 Å². The van der Waals surface area contributed by atoms with Gasteiger partial charge in [0.2, 0.25) is 0 Å². The predicted octanol–water partition coefficient (Wildman–Crippen LogP) is 4.42. The number of carbonyl (C=O) groups is 3. The number of allylic oxidation sites excluding steroid dienone is 5. The van der Waals surface area contributed by atoms with Crippen molar-refractivity contribution in [3.05, 3.63) is 71.4 Å². The normalized spacial score (nSPS) is 15.7. The molecule has 3 amide bonds. The fraction of sp³-hybridized carbons (Fsp3) is 0.375. The highest BCUT2D eigenvalue weighted by molar-refractivity contribution is 6.21. The zero-order valence-corrected chi connectivity index (χ0v) is 18.5. The summed E-state index contributed by atoms with van der Waals surface area (Å²) in [6, 6.07) is 0. The van der Waals surface area contributed by atoms with Crippen LogP contribution in [0.3, 0.4) is 0 Å². The lowest BCUT2D eigenvalue weighted by molar-refractivity contribution is -0.137. The van der Waals surface area contributed by atoms with E-state index in [1.807, 2.05) is 46.8 Å². The van der Waals surface area contributed by atoms with E-state index in [1.165, 1.54) is 11.0 Å². The number of likely N-dealkylation sites (N-methyl/N-ethyl adjacent to an activating group) is 1. The van der Waals surface area contributed by atoms with E-state index in [1.54, 1.807) is 31.2 Å². The van der Waals surface area contributed by atoms with Crippen molar-refractivity contribution in [3.8, 4) is 0 Å². The summed E-state index contributed by atoms with van der Waals surface area (Å²) in [4.78, 5) is 38.3. The van der Waals surface area contributed by atoms with E-state index < -0.39 is 0 Å². The Morgan fingerprint density at radius 1 is 1.17 bits per heavy atom. The van der Waals surface area contributed by atoms with Gasteiger partial charge < -0.3 is 5.32 Å². The molecule has 0 unspecified atom stereocenters. The van der Waals surface area contributed by atoms with Gasteiger partial charge in [-0.05, 0) is 32.4 Å². The Balaban J connectivity index is 0.00000184. The molecule has 0 spiro atoms. The minimum absolute atomic E-state index is 0.149. The van der Waals surface area contributed by atoms with Crippen molar-refractivity contribution in [3.63, 3.8) is 0 Å². The number of amides is 3.